The molecule has 0 aliphatic carbocycles. The average Bonchev–Trinajstić information content (AvgIpc) is 2.80. The van der Waals surface area contributed by atoms with E-state index in [2.05, 4.69) is 32.0 Å². The van der Waals surface area contributed by atoms with Gasteiger partial charge in [0.2, 0.25) is 11.9 Å². The number of ether oxygens (including phenoxy) is 1. The Labute approximate surface area is 192 Å². The third kappa shape index (κ3) is 6.56. The Balaban J connectivity index is 1.66. The Morgan fingerprint density at radius 1 is 1.27 bits per heavy atom. The number of aromatic nitrogens is 1. The van der Waals surface area contributed by atoms with Crippen LogP contribution in [0.3, 0.4) is 0 Å². The Hall–Kier alpha value is -3.37. The summed E-state index contributed by atoms with van der Waals surface area (Å²) in [5.41, 5.74) is 18.5. The van der Waals surface area contributed by atoms with Gasteiger partial charge in [-0.15, -0.1) is 0 Å². The molecule has 1 aliphatic rings. The Morgan fingerprint density at radius 2 is 1.97 bits per heavy atom. The second-order valence-corrected chi connectivity index (χ2v) is 8.08. The predicted molar refractivity (Wildman–Crippen MR) is 126 cm³/mol. The monoisotopic (exact) mass is 455 g/mol. The molecule has 3 rings (SSSR count). The van der Waals surface area contributed by atoms with E-state index in [1.807, 2.05) is 12.1 Å². The van der Waals surface area contributed by atoms with Crippen LogP contribution in [-0.4, -0.2) is 60.1 Å². The maximum atomic E-state index is 13.3. The fraction of sp³-hybridized carbons (Fsp3) is 0.391. The van der Waals surface area contributed by atoms with E-state index >= 15 is 0 Å². The molecular formula is C23H30FN7O2. The van der Waals surface area contributed by atoms with E-state index < -0.39 is 23.3 Å². The number of nitrogens with zero attached hydrogens (tertiary/aromatic N) is 4. The van der Waals surface area contributed by atoms with Gasteiger partial charge in [-0.2, -0.15) is 4.39 Å². The number of likely N-dealkylation sites (tertiary alicyclic amines) is 1. The van der Waals surface area contributed by atoms with Gasteiger partial charge in [-0.25, -0.2) is 9.98 Å². The normalized spacial score (nSPS) is 17.7. The van der Waals surface area contributed by atoms with Crippen LogP contribution in [0.15, 0.2) is 52.6 Å². The van der Waals surface area contributed by atoms with Crippen molar-refractivity contribution in [2.45, 2.75) is 24.9 Å². The molecule has 2 aromatic rings. The molecule has 176 valence electrons. The summed E-state index contributed by atoms with van der Waals surface area (Å²) >= 11 is 0. The second-order valence-electron chi connectivity index (χ2n) is 8.08. The number of hydrogen-bond acceptors (Lipinski definition) is 7. The number of halogens is 1. The first-order valence-corrected chi connectivity index (χ1v) is 10.7. The topological polar surface area (TPSA) is 145 Å². The summed E-state index contributed by atoms with van der Waals surface area (Å²) in [6.07, 6.45) is 4.14. The number of pyridine rings is 1. The van der Waals surface area contributed by atoms with E-state index in [1.165, 1.54) is 24.0 Å². The Morgan fingerprint density at radius 3 is 2.55 bits per heavy atom. The molecule has 6 N–H and O–H groups in total. The molecule has 0 radical (unpaired) electrons. The number of rotatable bonds is 9. The lowest BCUT2D eigenvalue weighted by Gasteiger charge is -2.38. The van der Waals surface area contributed by atoms with Crippen LogP contribution in [0.4, 0.5) is 10.1 Å². The van der Waals surface area contributed by atoms with Gasteiger partial charge in [0.15, 0.2) is 0 Å². The standard InChI is InChI=1S/C23H30FN7O2/c1-33-18-4-2-16(3-5-18)14-31-10-7-23(15-25,8-11-31)29-13-19(22(27)32)21(26)30-17-6-9-28-20(24)12-17/h2-6,9,12-13,19H,7-8,10-11,14-15,25H2,1H3,(H2,27,32)(H2,26,28,30). The molecule has 0 spiro atoms. The van der Waals surface area contributed by atoms with Crippen LogP contribution in [-0.2, 0) is 11.3 Å². The van der Waals surface area contributed by atoms with Crippen LogP contribution in [0.5, 0.6) is 5.75 Å². The first-order valence-electron chi connectivity index (χ1n) is 10.7. The number of hydrogen-bond donors (Lipinski definition) is 3. The van der Waals surface area contributed by atoms with Gasteiger partial charge in [0.05, 0.1) is 18.3 Å². The van der Waals surface area contributed by atoms with E-state index in [9.17, 15) is 9.18 Å². The van der Waals surface area contributed by atoms with Crippen LogP contribution in [0.2, 0.25) is 0 Å². The molecular weight excluding hydrogens is 425 g/mol. The molecule has 2 heterocycles. The highest BCUT2D eigenvalue weighted by Crippen LogP contribution is 2.27. The van der Waals surface area contributed by atoms with Crippen LogP contribution in [0.1, 0.15) is 18.4 Å². The van der Waals surface area contributed by atoms with Gasteiger partial charge in [-0.05, 0) is 36.6 Å². The summed E-state index contributed by atoms with van der Waals surface area (Å²) in [7, 11) is 1.65. The van der Waals surface area contributed by atoms with Gasteiger partial charge in [-0.1, -0.05) is 12.1 Å². The minimum absolute atomic E-state index is 0.0686. The molecule has 1 saturated heterocycles. The fourth-order valence-electron chi connectivity index (χ4n) is 3.71. The van der Waals surface area contributed by atoms with E-state index in [4.69, 9.17) is 21.9 Å². The van der Waals surface area contributed by atoms with Crippen LogP contribution < -0.4 is 21.9 Å². The first-order chi connectivity index (χ1) is 15.8. The Bertz CT molecular complexity index is 1000. The zero-order chi connectivity index (χ0) is 23.8. The molecule has 1 aromatic heterocycles. The Kier molecular flexibility index (Phi) is 8.07. The molecule has 1 atom stereocenters. The summed E-state index contributed by atoms with van der Waals surface area (Å²) in [4.78, 5) is 26.6. The highest BCUT2D eigenvalue weighted by molar-refractivity contribution is 6.14. The van der Waals surface area contributed by atoms with Crippen molar-refractivity contribution in [2.24, 2.45) is 33.1 Å². The molecule has 1 aromatic carbocycles. The number of nitrogens with two attached hydrogens (primary N) is 3. The molecule has 1 unspecified atom stereocenters. The van der Waals surface area contributed by atoms with E-state index in [1.54, 1.807) is 7.11 Å². The number of amides is 1. The van der Waals surface area contributed by atoms with Crippen LogP contribution in [0.25, 0.3) is 0 Å². The van der Waals surface area contributed by atoms with Gasteiger partial charge >= 0.3 is 0 Å². The minimum atomic E-state index is -1.03. The maximum absolute atomic E-state index is 13.3. The lowest BCUT2D eigenvalue weighted by atomic mass is 9.87. The molecule has 0 saturated carbocycles. The highest BCUT2D eigenvalue weighted by atomic mass is 19.1. The number of amidine groups is 1. The largest absolute Gasteiger partial charge is 0.497 e. The number of primary amides is 1. The summed E-state index contributed by atoms with van der Waals surface area (Å²) in [6, 6.07) is 10.6. The van der Waals surface area contributed by atoms with Crippen molar-refractivity contribution < 1.29 is 13.9 Å². The van der Waals surface area contributed by atoms with Gasteiger partial charge in [0, 0.05) is 44.7 Å². The van der Waals surface area contributed by atoms with Crippen molar-refractivity contribution in [3.8, 4) is 5.75 Å². The summed E-state index contributed by atoms with van der Waals surface area (Å²) < 4.78 is 18.5. The van der Waals surface area contributed by atoms with Crippen LogP contribution >= 0.6 is 0 Å². The quantitative estimate of drug-likeness (QED) is 0.296. The number of piperidine rings is 1. The number of carbonyl (C=O) groups is 1. The SMILES string of the molecule is COc1ccc(CN2CCC(CN)(N=CC(C(N)=O)C(N)=Nc3ccnc(F)c3)CC2)cc1. The van der Waals surface area contributed by atoms with E-state index in [0.717, 1.165) is 44.3 Å². The number of aliphatic imine (C=N–C) groups is 2. The molecule has 0 bridgehead atoms. The predicted octanol–water partition coefficient (Wildman–Crippen LogP) is 1.38. The molecule has 1 aliphatic heterocycles. The molecule has 1 amide bonds. The van der Waals surface area contributed by atoms with E-state index in [0.29, 0.717) is 6.54 Å². The number of benzene rings is 1. The summed E-state index contributed by atoms with van der Waals surface area (Å²) in [5, 5.41) is 0. The number of methoxy groups -OCH3 is 1. The molecule has 33 heavy (non-hydrogen) atoms. The van der Waals surface area contributed by atoms with Gasteiger partial charge in [0.25, 0.3) is 0 Å². The fourth-order valence-corrected chi connectivity index (χ4v) is 3.71. The minimum Gasteiger partial charge on any atom is -0.497 e. The lowest BCUT2D eigenvalue weighted by molar-refractivity contribution is -0.118. The van der Waals surface area contributed by atoms with Crippen molar-refractivity contribution in [3.63, 3.8) is 0 Å². The van der Waals surface area contributed by atoms with Gasteiger partial charge < -0.3 is 21.9 Å². The lowest BCUT2D eigenvalue weighted by Crippen LogP contribution is -2.48. The summed E-state index contributed by atoms with van der Waals surface area (Å²) in [6.45, 7) is 2.77. The van der Waals surface area contributed by atoms with Crippen LogP contribution in [0, 0.1) is 11.9 Å². The zero-order valence-corrected chi connectivity index (χ0v) is 18.7. The van der Waals surface area contributed by atoms with Crippen molar-refractivity contribution in [3.05, 3.63) is 54.1 Å². The molecule has 10 heteroatoms. The van der Waals surface area contributed by atoms with Crippen molar-refractivity contribution in [2.75, 3.05) is 26.7 Å². The van der Waals surface area contributed by atoms with Crippen molar-refractivity contribution in [1.82, 2.24) is 9.88 Å². The summed E-state index contributed by atoms with van der Waals surface area (Å²) in [5.74, 6) is -1.66. The third-order valence-electron chi connectivity index (χ3n) is 5.82. The molecule has 9 nitrogen and oxygen atoms in total. The highest BCUT2D eigenvalue weighted by Gasteiger charge is 2.33. The van der Waals surface area contributed by atoms with Gasteiger partial charge in [0.1, 0.15) is 17.5 Å². The maximum Gasteiger partial charge on any atom is 0.233 e. The number of carbonyl (C=O) groups excluding carboxylic acids is 1. The van der Waals surface area contributed by atoms with Gasteiger partial charge in [-0.3, -0.25) is 14.7 Å². The first kappa shape index (κ1) is 24.3. The third-order valence-corrected chi connectivity index (χ3v) is 5.82. The molecule has 1 fully saturated rings. The van der Waals surface area contributed by atoms with Crippen molar-refractivity contribution >= 4 is 23.6 Å². The zero-order valence-electron chi connectivity index (χ0n) is 18.7. The second kappa shape index (κ2) is 11.0. The van der Waals surface area contributed by atoms with E-state index in [-0.39, 0.29) is 11.5 Å². The smallest absolute Gasteiger partial charge is 0.233 e. The average molecular weight is 456 g/mol. The van der Waals surface area contributed by atoms with Crippen molar-refractivity contribution in [1.29, 1.82) is 0 Å².